The van der Waals surface area contributed by atoms with E-state index in [9.17, 15) is 4.79 Å². The highest BCUT2D eigenvalue weighted by Crippen LogP contribution is 2.53. The van der Waals surface area contributed by atoms with Crippen molar-refractivity contribution in [2.24, 2.45) is 5.92 Å². The summed E-state index contributed by atoms with van der Waals surface area (Å²) in [7, 11) is 1.67. The van der Waals surface area contributed by atoms with Crippen LogP contribution in [0.2, 0.25) is 0 Å². The highest BCUT2D eigenvalue weighted by Gasteiger charge is 2.54. The van der Waals surface area contributed by atoms with Crippen LogP contribution in [0.25, 0.3) is 11.4 Å². The molecule has 0 radical (unpaired) electrons. The average Bonchev–Trinajstić information content (AvgIpc) is 3.26. The predicted octanol–water partition coefficient (Wildman–Crippen LogP) is 4.93. The number of carbonyl (C=O) groups is 1. The Balaban J connectivity index is 1.66. The van der Waals surface area contributed by atoms with Crippen LogP contribution in [0.15, 0.2) is 24.3 Å². The lowest BCUT2D eigenvalue weighted by Gasteiger charge is -2.55. The van der Waals surface area contributed by atoms with E-state index >= 15 is 0 Å². The summed E-state index contributed by atoms with van der Waals surface area (Å²) in [4.78, 5) is 20.1. The lowest BCUT2D eigenvalue weighted by atomic mass is 9.64. The number of fused-ring (bicyclic) bond motifs is 4. The Morgan fingerprint density at radius 2 is 1.83 bits per heavy atom. The van der Waals surface area contributed by atoms with Gasteiger partial charge in [-0.25, -0.2) is 4.68 Å². The van der Waals surface area contributed by atoms with Crippen LogP contribution >= 0.6 is 0 Å². The number of carbonyl (C=O) groups excluding carboxylic acids is 1. The Labute approximate surface area is 178 Å². The van der Waals surface area contributed by atoms with Gasteiger partial charge in [0, 0.05) is 23.9 Å². The van der Waals surface area contributed by atoms with Gasteiger partial charge in [0.2, 0.25) is 11.9 Å². The Bertz CT molecular complexity index is 914. The number of hydrogen-bond acceptors (Lipinski definition) is 4. The second-order valence-electron chi connectivity index (χ2n) is 9.12. The molecule has 6 nitrogen and oxygen atoms in total. The molecule has 2 aromatic rings. The minimum Gasteiger partial charge on any atom is -0.497 e. The first-order valence-electron chi connectivity index (χ1n) is 11.6. The molecule has 0 saturated heterocycles. The predicted molar refractivity (Wildman–Crippen MR) is 117 cm³/mol. The zero-order valence-corrected chi connectivity index (χ0v) is 18.1. The summed E-state index contributed by atoms with van der Waals surface area (Å²) in [5.74, 6) is 2.97. The van der Waals surface area contributed by atoms with E-state index in [2.05, 4.69) is 4.68 Å². The van der Waals surface area contributed by atoms with Crippen LogP contribution in [-0.4, -0.2) is 33.8 Å². The highest BCUT2D eigenvalue weighted by molar-refractivity contribution is 5.92. The molecule has 2 aliphatic carbocycles. The summed E-state index contributed by atoms with van der Waals surface area (Å²) >= 11 is 0. The van der Waals surface area contributed by atoms with Crippen LogP contribution in [0, 0.1) is 5.92 Å². The third kappa shape index (κ3) is 2.95. The van der Waals surface area contributed by atoms with Crippen molar-refractivity contribution in [3.63, 3.8) is 0 Å². The summed E-state index contributed by atoms with van der Waals surface area (Å²) in [6, 6.07) is 8.17. The van der Waals surface area contributed by atoms with Crippen molar-refractivity contribution in [3.8, 4) is 17.1 Å². The molecule has 1 aromatic heterocycles. The topological polar surface area (TPSA) is 60.3 Å². The molecule has 6 heteroatoms. The van der Waals surface area contributed by atoms with Gasteiger partial charge in [-0.3, -0.25) is 9.69 Å². The summed E-state index contributed by atoms with van der Waals surface area (Å²) in [5, 5.41) is 5.08. The van der Waals surface area contributed by atoms with Crippen molar-refractivity contribution in [1.82, 2.24) is 14.8 Å². The normalized spacial score (nSPS) is 24.9. The molecule has 1 aliphatic heterocycles. The van der Waals surface area contributed by atoms with E-state index in [1.54, 1.807) is 7.11 Å². The zero-order chi connectivity index (χ0) is 20.7. The average molecular weight is 409 g/mol. The highest BCUT2D eigenvalue weighted by atomic mass is 16.5. The number of benzene rings is 1. The van der Waals surface area contributed by atoms with E-state index in [4.69, 9.17) is 14.8 Å². The van der Waals surface area contributed by atoms with Gasteiger partial charge < -0.3 is 4.74 Å². The molecule has 0 bridgehead atoms. The molecule has 1 aromatic carbocycles. The molecule has 1 spiro atoms. The van der Waals surface area contributed by atoms with Crippen molar-refractivity contribution in [2.75, 3.05) is 12.0 Å². The van der Waals surface area contributed by atoms with Gasteiger partial charge in [-0.2, -0.15) is 4.98 Å². The van der Waals surface area contributed by atoms with Crippen LogP contribution < -0.4 is 9.64 Å². The van der Waals surface area contributed by atoms with Gasteiger partial charge in [0.05, 0.1) is 12.6 Å². The second-order valence-corrected chi connectivity index (χ2v) is 9.12. The molecular formula is C24H32N4O2. The molecule has 30 heavy (non-hydrogen) atoms. The first-order chi connectivity index (χ1) is 14.7. The fourth-order valence-corrected chi connectivity index (χ4v) is 6.19. The standard InChI is InChI=1S/C24H32N4O2/c1-3-21(29)27-20-10-6-5-9-19(20)24(15-7-4-8-16-24)28-23(27)25-22(26-28)17-11-13-18(30-2)14-12-17/h11-14,19-20H,3-10,15-16H2,1-2H3. The first kappa shape index (κ1) is 19.6. The maximum atomic E-state index is 13.1. The van der Waals surface area contributed by atoms with Crippen molar-refractivity contribution < 1.29 is 9.53 Å². The summed E-state index contributed by atoms with van der Waals surface area (Å²) in [5.41, 5.74) is 0.983. The van der Waals surface area contributed by atoms with Crippen LogP contribution in [0.4, 0.5) is 5.95 Å². The molecule has 2 fully saturated rings. The molecule has 3 aliphatic rings. The number of nitrogens with zero attached hydrogens (tertiary/aromatic N) is 4. The Hall–Kier alpha value is -2.37. The van der Waals surface area contributed by atoms with Gasteiger partial charge in [0.15, 0.2) is 5.82 Å². The Morgan fingerprint density at radius 3 is 2.53 bits per heavy atom. The number of amides is 1. The van der Waals surface area contributed by atoms with Crippen LogP contribution in [-0.2, 0) is 10.3 Å². The summed E-state index contributed by atoms with van der Waals surface area (Å²) in [6.45, 7) is 1.95. The molecule has 160 valence electrons. The lowest BCUT2D eigenvalue weighted by Crippen LogP contribution is -2.61. The number of hydrogen-bond donors (Lipinski definition) is 0. The fraction of sp³-hybridized carbons (Fsp3) is 0.625. The largest absolute Gasteiger partial charge is 0.497 e. The van der Waals surface area contributed by atoms with Crippen molar-refractivity contribution in [2.45, 2.75) is 82.7 Å². The quantitative estimate of drug-likeness (QED) is 0.723. The second kappa shape index (κ2) is 7.71. The number of aromatic nitrogens is 3. The van der Waals surface area contributed by atoms with E-state index in [0.29, 0.717) is 18.2 Å². The van der Waals surface area contributed by atoms with E-state index in [1.165, 1.54) is 38.5 Å². The van der Waals surface area contributed by atoms with Crippen LogP contribution in [0.3, 0.4) is 0 Å². The van der Waals surface area contributed by atoms with Gasteiger partial charge >= 0.3 is 0 Å². The minimum atomic E-state index is 0.0148. The maximum Gasteiger partial charge on any atom is 0.231 e. The molecular weight excluding hydrogens is 376 g/mol. The van der Waals surface area contributed by atoms with Crippen LogP contribution in [0.1, 0.15) is 71.1 Å². The van der Waals surface area contributed by atoms with Gasteiger partial charge in [0.25, 0.3) is 0 Å². The zero-order valence-electron chi connectivity index (χ0n) is 18.1. The van der Waals surface area contributed by atoms with Gasteiger partial charge in [-0.1, -0.05) is 39.0 Å². The van der Waals surface area contributed by atoms with E-state index in [-0.39, 0.29) is 17.5 Å². The molecule has 2 heterocycles. The van der Waals surface area contributed by atoms with Gasteiger partial charge in [0.1, 0.15) is 5.75 Å². The Kier molecular flexibility index (Phi) is 5.03. The van der Waals surface area contributed by atoms with Crippen molar-refractivity contribution >= 4 is 11.9 Å². The third-order valence-corrected chi connectivity index (χ3v) is 7.62. The molecule has 1 amide bonds. The monoisotopic (exact) mass is 408 g/mol. The number of ether oxygens (including phenoxy) is 1. The number of methoxy groups -OCH3 is 1. The SMILES string of the molecule is CCC(=O)N1c2nc(-c3ccc(OC)cc3)nn2C2(CCCCC2)C2CCCCC21. The number of rotatable bonds is 3. The van der Waals surface area contributed by atoms with Crippen molar-refractivity contribution in [3.05, 3.63) is 24.3 Å². The fourth-order valence-electron chi connectivity index (χ4n) is 6.19. The van der Waals surface area contributed by atoms with E-state index in [1.807, 2.05) is 36.1 Å². The van der Waals surface area contributed by atoms with E-state index in [0.717, 1.165) is 36.5 Å². The molecule has 0 N–H and O–H groups in total. The third-order valence-electron chi connectivity index (χ3n) is 7.62. The van der Waals surface area contributed by atoms with Gasteiger partial charge in [-0.05, 0) is 49.9 Å². The summed E-state index contributed by atoms with van der Waals surface area (Å²) < 4.78 is 7.49. The first-order valence-corrected chi connectivity index (χ1v) is 11.6. The molecule has 2 atom stereocenters. The molecule has 2 saturated carbocycles. The lowest BCUT2D eigenvalue weighted by molar-refractivity contribution is -0.120. The summed E-state index contributed by atoms with van der Waals surface area (Å²) in [6.07, 6.45) is 11.3. The van der Waals surface area contributed by atoms with E-state index < -0.39 is 0 Å². The van der Waals surface area contributed by atoms with Crippen molar-refractivity contribution in [1.29, 1.82) is 0 Å². The Morgan fingerprint density at radius 1 is 1.10 bits per heavy atom. The minimum absolute atomic E-state index is 0.0148. The smallest absolute Gasteiger partial charge is 0.231 e. The number of anilines is 1. The molecule has 2 unspecified atom stereocenters. The van der Waals surface area contributed by atoms with Gasteiger partial charge in [-0.15, -0.1) is 5.10 Å². The maximum absolute atomic E-state index is 13.1. The van der Waals surface area contributed by atoms with Crippen LogP contribution in [0.5, 0.6) is 5.75 Å². The molecule has 5 rings (SSSR count).